The average Bonchev–Trinajstić information content (AvgIpc) is 2.74. The first kappa shape index (κ1) is 21.2. The van der Waals surface area contributed by atoms with Gasteiger partial charge in [-0.05, 0) is 57.6 Å². The van der Waals surface area contributed by atoms with Gasteiger partial charge in [0.15, 0.2) is 0 Å². The summed E-state index contributed by atoms with van der Waals surface area (Å²) < 4.78 is 11.3. The van der Waals surface area contributed by atoms with Crippen molar-refractivity contribution in [3.63, 3.8) is 0 Å². The zero-order chi connectivity index (χ0) is 19.8. The summed E-state index contributed by atoms with van der Waals surface area (Å²) in [7, 11) is 0. The Morgan fingerprint density at radius 2 is 1.96 bits per heavy atom. The molecule has 154 valence electrons. The topological polar surface area (TPSA) is 55.8 Å². The summed E-state index contributed by atoms with van der Waals surface area (Å²) in [5.41, 5.74) is -0.513. The summed E-state index contributed by atoms with van der Waals surface area (Å²) in [5.74, 6) is 0.456. The average molecular weight is 406 g/mol. The summed E-state index contributed by atoms with van der Waals surface area (Å²) in [6.45, 7) is 4.25. The van der Waals surface area contributed by atoms with E-state index in [4.69, 9.17) is 9.47 Å². The predicted molar refractivity (Wildman–Crippen MR) is 110 cm³/mol. The highest BCUT2D eigenvalue weighted by molar-refractivity contribution is 8.00. The van der Waals surface area contributed by atoms with E-state index in [1.165, 1.54) is 0 Å². The van der Waals surface area contributed by atoms with Crippen LogP contribution in [0.1, 0.15) is 45.4 Å². The van der Waals surface area contributed by atoms with Crippen LogP contribution in [-0.2, 0) is 19.1 Å². The standard InChI is InChI=1S/C22H31NO4S/c1-2-26-21(25)22(16-18-8-6-7-15-27-18)11-13-23(14-12-22)20(24)17-28-19-9-4-3-5-10-19/h3-5,9-10,18H,2,6-8,11-17H2,1H3. The number of thioether (sulfide) groups is 1. The molecule has 1 amide bonds. The van der Waals surface area contributed by atoms with Crippen LogP contribution >= 0.6 is 11.8 Å². The van der Waals surface area contributed by atoms with E-state index in [1.54, 1.807) is 11.8 Å². The molecule has 2 saturated heterocycles. The van der Waals surface area contributed by atoms with Gasteiger partial charge < -0.3 is 14.4 Å². The summed E-state index contributed by atoms with van der Waals surface area (Å²) in [5, 5.41) is 0. The minimum Gasteiger partial charge on any atom is -0.466 e. The number of benzene rings is 1. The summed E-state index contributed by atoms with van der Waals surface area (Å²) >= 11 is 1.56. The molecular formula is C22H31NO4S. The van der Waals surface area contributed by atoms with Crippen LogP contribution in [0.5, 0.6) is 0 Å². The molecule has 28 heavy (non-hydrogen) atoms. The van der Waals surface area contributed by atoms with Crippen molar-refractivity contribution >= 4 is 23.6 Å². The zero-order valence-electron chi connectivity index (χ0n) is 16.7. The number of rotatable bonds is 7. The zero-order valence-corrected chi connectivity index (χ0v) is 17.5. The number of nitrogens with zero attached hydrogens (tertiary/aromatic N) is 1. The minimum absolute atomic E-state index is 0.116. The molecule has 0 N–H and O–H groups in total. The van der Waals surface area contributed by atoms with Crippen LogP contribution in [0.4, 0.5) is 0 Å². The molecule has 2 heterocycles. The van der Waals surface area contributed by atoms with Gasteiger partial charge in [0.1, 0.15) is 0 Å². The third-order valence-corrected chi connectivity index (χ3v) is 6.78. The van der Waals surface area contributed by atoms with E-state index < -0.39 is 5.41 Å². The summed E-state index contributed by atoms with van der Waals surface area (Å²) in [4.78, 5) is 28.4. The van der Waals surface area contributed by atoms with E-state index in [0.717, 1.165) is 30.8 Å². The molecule has 1 aromatic carbocycles. The van der Waals surface area contributed by atoms with Crippen LogP contribution in [0.15, 0.2) is 35.2 Å². The quantitative estimate of drug-likeness (QED) is 0.508. The van der Waals surface area contributed by atoms with Crippen molar-refractivity contribution in [3.8, 4) is 0 Å². The molecule has 0 bridgehead atoms. The molecule has 2 fully saturated rings. The number of esters is 1. The molecule has 3 rings (SSSR count). The number of likely N-dealkylation sites (tertiary alicyclic amines) is 1. The van der Waals surface area contributed by atoms with E-state index in [-0.39, 0.29) is 18.0 Å². The molecular weight excluding hydrogens is 374 g/mol. The van der Waals surface area contributed by atoms with Gasteiger partial charge in [-0.2, -0.15) is 0 Å². The highest BCUT2D eigenvalue weighted by Crippen LogP contribution is 2.40. The molecule has 0 aliphatic carbocycles. The molecule has 0 aromatic heterocycles. The maximum atomic E-state index is 12.8. The van der Waals surface area contributed by atoms with Gasteiger partial charge in [0, 0.05) is 24.6 Å². The second-order valence-corrected chi connectivity index (χ2v) is 8.72. The third-order valence-electron chi connectivity index (χ3n) is 5.78. The molecule has 0 radical (unpaired) electrons. The van der Waals surface area contributed by atoms with Gasteiger partial charge in [0.2, 0.25) is 5.91 Å². The predicted octanol–water partition coefficient (Wildman–Crippen LogP) is 3.91. The van der Waals surface area contributed by atoms with Gasteiger partial charge in [0.25, 0.3) is 0 Å². The Morgan fingerprint density at radius 3 is 2.61 bits per heavy atom. The second kappa shape index (κ2) is 10.3. The lowest BCUT2D eigenvalue weighted by molar-refractivity contribution is -0.164. The number of ether oxygens (including phenoxy) is 2. The summed E-state index contributed by atoms with van der Waals surface area (Å²) in [6, 6.07) is 9.97. The third kappa shape index (κ3) is 5.51. The molecule has 1 unspecified atom stereocenters. The van der Waals surface area contributed by atoms with Crippen molar-refractivity contribution in [2.75, 3.05) is 32.1 Å². The fourth-order valence-electron chi connectivity index (χ4n) is 4.12. The largest absolute Gasteiger partial charge is 0.466 e. The summed E-state index contributed by atoms with van der Waals surface area (Å²) in [6.07, 6.45) is 5.44. The molecule has 1 aromatic rings. The van der Waals surface area contributed by atoms with E-state index >= 15 is 0 Å². The van der Waals surface area contributed by atoms with E-state index in [0.29, 0.717) is 44.7 Å². The van der Waals surface area contributed by atoms with Crippen LogP contribution in [0.3, 0.4) is 0 Å². The molecule has 5 nitrogen and oxygen atoms in total. The molecule has 2 aliphatic rings. The van der Waals surface area contributed by atoms with Crippen molar-refractivity contribution in [3.05, 3.63) is 30.3 Å². The molecule has 0 saturated carbocycles. The lowest BCUT2D eigenvalue weighted by atomic mass is 9.73. The number of piperidine rings is 1. The lowest BCUT2D eigenvalue weighted by Crippen LogP contribution is -2.49. The van der Waals surface area contributed by atoms with Crippen LogP contribution in [0.2, 0.25) is 0 Å². The normalized spacial score (nSPS) is 21.9. The monoisotopic (exact) mass is 405 g/mol. The number of hydrogen-bond donors (Lipinski definition) is 0. The Kier molecular flexibility index (Phi) is 7.80. The van der Waals surface area contributed by atoms with Crippen molar-refractivity contribution in [1.29, 1.82) is 0 Å². The van der Waals surface area contributed by atoms with Gasteiger partial charge in [-0.1, -0.05) is 18.2 Å². The fourth-order valence-corrected chi connectivity index (χ4v) is 4.94. The van der Waals surface area contributed by atoms with Crippen molar-refractivity contribution < 1.29 is 19.1 Å². The van der Waals surface area contributed by atoms with Crippen LogP contribution < -0.4 is 0 Å². The van der Waals surface area contributed by atoms with Crippen molar-refractivity contribution in [2.45, 2.75) is 56.4 Å². The van der Waals surface area contributed by atoms with Gasteiger partial charge in [-0.25, -0.2) is 0 Å². The number of hydrogen-bond acceptors (Lipinski definition) is 5. The van der Waals surface area contributed by atoms with Crippen molar-refractivity contribution in [2.24, 2.45) is 5.41 Å². The van der Waals surface area contributed by atoms with Gasteiger partial charge in [-0.3, -0.25) is 9.59 Å². The maximum Gasteiger partial charge on any atom is 0.312 e. The number of carbonyl (C=O) groups excluding carboxylic acids is 2. The molecule has 1 atom stereocenters. The van der Waals surface area contributed by atoms with Crippen LogP contribution in [-0.4, -0.2) is 54.9 Å². The molecule has 6 heteroatoms. The second-order valence-electron chi connectivity index (χ2n) is 7.68. The Bertz CT molecular complexity index is 637. The van der Waals surface area contributed by atoms with E-state index in [9.17, 15) is 9.59 Å². The fraction of sp³-hybridized carbons (Fsp3) is 0.636. The first-order valence-corrected chi connectivity index (χ1v) is 11.4. The first-order valence-electron chi connectivity index (χ1n) is 10.4. The SMILES string of the molecule is CCOC(=O)C1(CC2CCCCO2)CCN(C(=O)CSc2ccccc2)CC1. The molecule has 0 spiro atoms. The minimum atomic E-state index is -0.513. The van der Waals surface area contributed by atoms with E-state index in [2.05, 4.69) is 0 Å². The maximum absolute atomic E-state index is 12.8. The van der Waals surface area contributed by atoms with Crippen molar-refractivity contribution in [1.82, 2.24) is 4.90 Å². The van der Waals surface area contributed by atoms with E-state index in [1.807, 2.05) is 42.2 Å². The highest BCUT2D eigenvalue weighted by Gasteiger charge is 2.45. The Balaban J connectivity index is 1.56. The van der Waals surface area contributed by atoms with Crippen LogP contribution in [0.25, 0.3) is 0 Å². The Labute approximate surface area is 172 Å². The van der Waals surface area contributed by atoms with Gasteiger partial charge >= 0.3 is 5.97 Å². The van der Waals surface area contributed by atoms with Crippen LogP contribution in [0, 0.1) is 5.41 Å². The lowest BCUT2D eigenvalue weighted by Gasteiger charge is -2.42. The molecule has 2 aliphatic heterocycles. The smallest absolute Gasteiger partial charge is 0.312 e. The van der Waals surface area contributed by atoms with Gasteiger partial charge in [-0.15, -0.1) is 11.8 Å². The highest BCUT2D eigenvalue weighted by atomic mass is 32.2. The first-order chi connectivity index (χ1) is 13.6. The Morgan fingerprint density at radius 1 is 1.21 bits per heavy atom. The van der Waals surface area contributed by atoms with Gasteiger partial charge in [0.05, 0.1) is 23.9 Å². The number of carbonyl (C=O) groups is 2. The number of amides is 1. The Hall–Kier alpha value is -1.53.